The largest absolute Gasteiger partial charge is 0.364 e. The van der Waals surface area contributed by atoms with Gasteiger partial charge in [-0.15, -0.1) is 0 Å². The van der Waals surface area contributed by atoms with E-state index in [9.17, 15) is 4.79 Å². The van der Waals surface area contributed by atoms with Crippen molar-refractivity contribution < 1.29 is 4.74 Å². The Bertz CT molecular complexity index is 409. The summed E-state index contributed by atoms with van der Waals surface area (Å²) in [6.45, 7) is 2.25. The molecule has 0 fully saturated rings. The van der Waals surface area contributed by atoms with E-state index in [1.807, 2.05) is 6.92 Å². The molecule has 0 aliphatic heterocycles. The van der Waals surface area contributed by atoms with Crippen molar-refractivity contribution in [1.29, 1.82) is 0 Å². The lowest BCUT2D eigenvalue weighted by Crippen LogP contribution is -2.19. The molecule has 0 aliphatic carbocycles. The minimum atomic E-state index is -0.0751. The molecule has 3 heteroatoms. The van der Waals surface area contributed by atoms with E-state index in [0.717, 1.165) is 12.0 Å². The van der Waals surface area contributed by atoms with Crippen molar-refractivity contribution in [2.75, 3.05) is 7.11 Å². The van der Waals surface area contributed by atoms with Crippen LogP contribution in [0, 0.1) is 11.8 Å². The zero-order valence-corrected chi connectivity index (χ0v) is 8.41. The third-order valence-corrected chi connectivity index (χ3v) is 1.66. The first kappa shape index (κ1) is 10.6. The predicted molar refractivity (Wildman–Crippen MR) is 54.9 cm³/mol. The number of hydrogen-bond donors (Lipinski definition) is 0. The molecule has 0 N–H and O–H groups in total. The number of aromatic nitrogens is 1. The highest BCUT2D eigenvalue weighted by Gasteiger charge is 1.94. The molecule has 0 unspecified atom stereocenters. The van der Waals surface area contributed by atoms with Crippen LogP contribution in [0.5, 0.6) is 0 Å². The van der Waals surface area contributed by atoms with Gasteiger partial charge in [0.25, 0.3) is 5.56 Å². The van der Waals surface area contributed by atoms with Crippen molar-refractivity contribution in [3.05, 3.63) is 34.2 Å². The highest BCUT2D eigenvalue weighted by Crippen LogP contribution is 1.93. The fraction of sp³-hybridized carbons (Fsp3) is 0.364. The van der Waals surface area contributed by atoms with E-state index in [4.69, 9.17) is 4.74 Å². The molecule has 74 valence electrons. The zero-order valence-electron chi connectivity index (χ0n) is 8.41. The Morgan fingerprint density at radius 2 is 2.29 bits per heavy atom. The monoisotopic (exact) mass is 191 g/mol. The van der Waals surface area contributed by atoms with Gasteiger partial charge in [-0.3, -0.25) is 9.36 Å². The quantitative estimate of drug-likeness (QED) is 0.658. The van der Waals surface area contributed by atoms with Gasteiger partial charge in [0.05, 0.1) is 0 Å². The fourth-order valence-corrected chi connectivity index (χ4v) is 1.04. The Morgan fingerprint density at radius 3 is 2.93 bits per heavy atom. The summed E-state index contributed by atoms with van der Waals surface area (Å²) in [5.41, 5.74) is 0.761. The van der Waals surface area contributed by atoms with E-state index >= 15 is 0 Å². The van der Waals surface area contributed by atoms with E-state index in [-0.39, 0.29) is 12.3 Å². The number of pyridine rings is 1. The average molecular weight is 191 g/mol. The van der Waals surface area contributed by atoms with Gasteiger partial charge in [-0.05, 0) is 6.07 Å². The van der Waals surface area contributed by atoms with Crippen molar-refractivity contribution in [2.45, 2.75) is 20.1 Å². The van der Waals surface area contributed by atoms with E-state index in [2.05, 4.69) is 11.8 Å². The van der Waals surface area contributed by atoms with Crippen LogP contribution in [-0.2, 0) is 11.5 Å². The van der Waals surface area contributed by atoms with Crippen LogP contribution in [-0.4, -0.2) is 11.7 Å². The molecule has 0 aliphatic rings. The standard InChI is InChI=1S/C11H13NO2/c1-3-4-5-10-6-7-11(13)12(8-10)9-14-2/h6-8H,3,9H2,1-2H3. The summed E-state index contributed by atoms with van der Waals surface area (Å²) in [6, 6.07) is 3.22. The van der Waals surface area contributed by atoms with E-state index in [0.29, 0.717) is 0 Å². The molecule has 0 bridgehead atoms. The van der Waals surface area contributed by atoms with Gasteiger partial charge in [-0.2, -0.15) is 0 Å². The molecule has 0 aromatic carbocycles. The molecule has 0 amide bonds. The lowest BCUT2D eigenvalue weighted by Gasteiger charge is -2.02. The van der Waals surface area contributed by atoms with Crippen molar-refractivity contribution in [2.24, 2.45) is 0 Å². The van der Waals surface area contributed by atoms with E-state index < -0.39 is 0 Å². The van der Waals surface area contributed by atoms with Crippen LogP contribution < -0.4 is 5.56 Å². The third kappa shape index (κ3) is 2.75. The first-order chi connectivity index (χ1) is 6.77. The predicted octanol–water partition coefficient (Wildman–Crippen LogP) is 1.21. The summed E-state index contributed by atoms with van der Waals surface area (Å²) in [5.74, 6) is 5.90. The maximum atomic E-state index is 11.3. The van der Waals surface area contributed by atoms with Gasteiger partial charge in [0, 0.05) is 31.4 Å². The van der Waals surface area contributed by atoms with Crippen LogP contribution in [0.1, 0.15) is 18.9 Å². The molecule has 0 saturated carbocycles. The molecular weight excluding hydrogens is 178 g/mol. The molecule has 0 spiro atoms. The van der Waals surface area contributed by atoms with Gasteiger partial charge in [0.2, 0.25) is 0 Å². The van der Waals surface area contributed by atoms with Crippen molar-refractivity contribution >= 4 is 0 Å². The molecule has 1 rings (SSSR count). The van der Waals surface area contributed by atoms with Crippen LogP contribution in [0.15, 0.2) is 23.1 Å². The van der Waals surface area contributed by atoms with Gasteiger partial charge in [-0.1, -0.05) is 18.8 Å². The van der Waals surface area contributed by atoms with E-state index in [1.165, 1.54) is 10.6 Å². The first-order valence-electron chi connectivity index (χ1n) is 4.46. The lowest BCUT2D eigenvalue weighted by atomic mass is 10.3. The second kappa shape index (κ2) is 5.25. The molecule has 1 heterocycles. The first-order valence-corrected chi connectivity index (χ1v) is 4.46. The number of nitrogens with zero attached hydrogens (tertiary/aromatic N) is 1. The Kier molecular flexibility index (Phi) is 3.96. The van der Waals surface area contributed by atoms with Crippen LogP contribution in [0.3, 0.4) is 0 Å². The minimum absolute atomic E-state index is 0.0751. The normalized spacial score (nSPS) is 9.29. The summed E-state index contributed by atoms with van der Waals surface area (Å²) in [6.07, 6.45) is 2.51. The van der Waals surface area contributed by atoms with Crippen LogP contribution in [0.4, 0.5) is 0 Å². The Balaban J connectivity index is 3.00. The minimum Gasteiger partial charge on any atom is -0.364 e. The summed E-state index contributed by atoms with van der Waals surface area (Å²) in [4.78, 5) is 11.3. The average Bonchev–Trinajstić information content (AvgIpc) is 2.19. The van der Waals surface area contributed by atoms with Gasteiger partial charge in [-0.25, -0.2) is 0 Å². The van der Waals surface area contributed by atoms with Crippen molar-refractivity contribution in [3.63, 3.8) is 0 Å². The maximum absolute atomic E-state index is 11.3. The molecule has 3 nitrogen and oxygen atoms in total. The van der Waals surface area contributed by atoms with Crippen LogP contribution in [0.25, 0.3) is 0 Å². The Labute approximate surface area is 83.3 Å². The van der Waals surface area contributed by atoms with Gasteiger partial charge in [0.15, 0.2) is 0 Å². The topological polar surface area (TPSA) is 31.2 Å². The van der Waals surface area contributed by atoms with Crippen molar-refractivity contribution in [1.82, 2.24) is 4.57 Å². The van der Waals surface area contributed by atoms with Crippen LogP contribution in [0.2, 0.25) is 0 Å². The highest BCUT2D eigenvalue weighted by molar-refractivity contribution is 5.31. The molecule has 0 saturated heterocycles. The molecule has 0 radical (unpaired) electrons. The van der Waals surface area contributed by atoms with Gasteiger partial charge < -0.3 is 4.74 Å². The van der Waals surface area contributed by atoms with Crippen LogP contribution >= 0.6 is 0 Å². The highest BCUT2D eigenvalue weighted by atomic mass is 16.5. The summed E-state index contributed by atoms with van der Waals surface area (Å²) in [5, 5.41) is 0. The Morgan fingerprint density at radius 1 is 1.50 bits per heavy atom. The third-order valence-electron chi connectivity index (χ3n) is 1.66. The molecular formula is C11H13NO2. The second-order valence-electron chi connectivity index (χ2n) is 2.80. The zero-order chi connectivity index (χ0) is 10.4. The summed E-state index contributed by atoms with van der Waals surface area (Å²) < 4.78 is 6.37. The Hall–Kier alpha value is -1.53. The molecule has 1 aromatic heterocycles. The van der Waals surface area contributed by atoms with Gasteiger partial charge in [0.1, 0.15) is 6.73 Å². The molecule has 14 heavy (non-hydrogen) atoms. The fourth-order valence-electron chi connectivity index (χ4n) is 1.04. The van der Waals surface area contributed by atoms with Gasteiger partial charge >= 0.3 is 0 Å². The van der Waals surface area contributed by atoms with E-state index in [1.54, 1.807) is 19.4 Å². The molecule has 0 atom stereocenters. The van der Waals surface area contributed by atoms with Crippen molar-refractivity contribution in [3.8, 4) is 11.8 Å². The lowest BCUT2D eigenvalue weighted by molar-refractivity contribution is 0.128. The summed E-state index contributed by atoms with van der Waals surface area (Å²) in [7, 11) is 1.55. The maximum Gasteiger partial charge on any atom is 0.252 e. The SMILES string of the molecule is CCC#Cc1ccc(=O)n(COC)c1. The number of ether oxygens (including phenoxy) is 1. The number of hydrogen-bond acceptors (Lipinski definition) is 2. The second-order valence-corrected chi connectivity index (χ2v) is 2.80. The smallest absolute Gasteiger partial charge is 0.252 e. The summed E-state index contributed by atoms with van der Waals surface area (Å²) >= 11 is 0. The number of methoxy groups -OCH3 is 1. The number of rotatable bonds is 2. The molecule has 1 aromatic rings.